The monoisotopic (exact) mass is 466 g/mol. The van der Waals surface area contributed by atoms with E-state index in [4.69, 9.17) is 28.6 Å². The SMILES string of the molecule is CC(C)(C)OC(=O)NC(Cc1ccccc1)C(=O)NNC(=S)Nc1ccc(F)c(Cl)c1. The molecule has 0 spiro atoms. The number of anilines is 1. The lowest BCUT2D eigenvalue weighted by molar-refractivity contribution is -0.123. The summed E-state index contributed by atoms with van der Waals surface area (Å²) in [6.07, 6.45) is -0.480. The van der Waals surface area contributed by atoms with Gasteiger partial charge in [0, 0.05) is 12.1 Å². The van der Waals surface area contributed by atoms with Gasteiger partial charge in [0.1, 0.15) is 17.5 Å². The highest BCUT2D eigenvalue weighted by molar-refractivity contribution is 7.80. The number of carbonyl (C=O) groups is 2. The number of nitrogens with one attached hydrogen (secondary N) is 4. The van der Waals surface area contributed by atoms with Crippen molar-refractivity contribution >= 4 is 46.6 Å². The first-order valence-electron chi connectivity index (χ1n) is 9.39. The maximum Gasteiger partial charge on any atom is 0.408 e. The van der Waals surface area contributed by atoms with Gasteiger partial charge in [0.15, 0.2) is 5.11 Å². The van der Waals surface area contributed by atoms with Gasteiger partial charge in [-0.3, -0.25) is 15.6 Å². The minimum atomic E-state index is -0.923. The Morgan fingerprint density at radius 3 is 2.42 bits per heavy atom. The largest absolute Gasteiger partial charge is 0.444 e. The predicted octanol–water partition coefficient (Wildman–Crippen LogP) is 3.93. The molecular formula is C21H24ClFN4O3S. The smallest absolute Gasteiger partial charge is 0.408 e. The van der Waals surface area contributed by atoms with Crippen LogP contribution in [0.2, 0.25) is 5.02 Å². The van der Waals surface area contributed by atoms with Gasteiger partial charge in [0.05, 0.1) is 5.02 Å². The van der Waals surface area contributed by atoms with Crippen LogP contribution in [0.5, 0.6) is 0 Å². The number of halogens is 2. The molecule has 0 radical (unpaired) electrons. The molecule has 2 aromatic rings. The molecule has 1 atom stereocenters. The molecule has 1 unspecified atom stereocenters. The van der Waals surface area contributed by atoms with E-state index in [0.29, 0.717) is 5.69 Å². The molecule has 0 saturated carbocycles. The summed E-state index contributed by atoms with van der Waals surface area (Å²) < 4.78 is 18.5. The minimum Gasteiger partial charge on any atom is -0.444 e. The normalized spacial score (nSPS) is 11.8. The molecule has 0 fully saturated rings. The molecular weight excluding hydrogens is 443 g/mol. The quantitative estimate of drug-likeness (QED) is 0.394. The fourth-order valence-electron chi connectivity index (χ4n) is 2.45. The molecule has 7 nitrogen and oxygen atoms in total. The Morgan fingerprint density at radius 1 is 1.13 bits per heavy atom. The van der Waals surface area contributed by atoms with Crippen molar-refractivity contribution in [2.75, 3.05) is 5.32 Å². The highest BCUT2D eigenvalue weighted by atomic mass is 35.5. The molecule has 0 aliphatic rings. The highest BCUT2D eigenvalue weighted by Gasteiger charge is 2.25. The van der Waals surface area contributed by atoms with Gasteiger partial charge in [0.2, 0.25) is 0 Å². The number of alkyl carbamates (subject to hydrolysis) is 1. The zero-order valence-corrected chi connectivity index (χ0v) is 18.9. The van der Waals surface area contributed by atoms with Gasteiger partial charge in [0.25, 0.3) is 5.91 Å². The van der Waals surface area contributed by atoms with Crippen molar-refractivity contribution in [3.8, 4) is 0 Å². The lowest BCUT2D eigenvalue weighted by atomic mass is 10.1. The average Bonchev–Trinajstić information content (AvgIpc) is 2.68. The lowest BCUT2D eigenvalue weighted by Crippen LogP contribution is -2.54. The van der Waals surface area contributed by atoms with Crippen LogP contribution in [0.1, 0.15) is 26.3 Å². The third-order valence-corrected chi connectivity index (χ3v) is 4.26. The van der Waals surface area contributed by atoms with Gasteiger partial charge in [-0.05, 0) is 56.8 Å². The molecule has 2 amide bonds. The predicted molar refractivity (Wildman–Crippen MR) is 122 cm³/mol. The molecule has 0 aliphatic carbocycles. The summed E-state index contributed by atoms with van der Waals surface area (Å²) in [4.78, 5) is 24.9. The molecule has 0 saturated heterocycles. The van der Waals surface area contributed by atoms with Crippen molar-refractivity contribution in [1.82, 2.24) is 16.2 Å². The lowest BCUT2D eigenvalue weighted by Gasteiger charge is -2.23. The summed E-state index contributed by atoms with van der Waals surface area (Å²) in [7, 11) is 0. The Labute approximate surface area is 190 Å². The van der Waals surface area contributed by atoms with Crippen LogP contribution in [-0.4, -0.2) is 28.8 Å². The van der Waals surface area contributed by atoms with Crippen molar-refractivity contribution < 1.29 is 18.7 Å². The van der Waals surface area contributed by atoms with E-state index >= 15 is 0 Å². The van der Waals surface area contributed by atoms with Gasteiger partial charge < -0.3 is 15.4 Å². The third-order valence-electron chi connectivity index (χ3n) is 3.77. The number of amides is 2. The van der Waals surface area contributed by atoms with Gasteiger partial charge in [-0.25, -0.2) is 9.18 Å². The molecule has 2 aromatic carbocycles. The summed E-state index contributed by atoms with van der Waals surface area (Å²) >= 11 is 10.9. The molecule has 0 aromatic heterocycles. The second kappa shape index (κ2) is 10.9. The standard InChI is InChI=1S/C21H24ClFN4O3S/c1-21(2,3)30-20(29)25-17(11-13-7-5-4-6-8-13)18(28)26-27-19(31)24-14-9-10-16(23)15(22)12-14/h4-10,12,17H,11H2,1-3H3,(H,25,29)(H,26,28)(H2,24,27,31). The first-order chi connectivity index (χ1) is 14.5. The molecule has 166 valence electrons. The Morgan fingerprint density at radius 2 is 1.81 bits per heavy atom. The molecule has 4 N–H and O–H groups in total. The van der Waals surface area contributed by atoms with E-state index in [1.165, 1.54) is 18.2 Å². The van der Waals surface area contributed by atoms with E-state index in [2.05, 4.69) is 21.5 Å². The van der Waals surface area contributed by atoms with Crippen LogP contribution in [-0.2, 0) is 16.0 Å². The maximum atomic E-state index is 13.3. The third kappa shape index (κ3) is 8.77. The molecule has 0 heterocycles. The van der Waals surface area contributed by atoms with E-state index in [0.717, 1.165) is 5.56 Å². The number of hydrogen-bond acceptors (Lipinski definition) is 4. The topological polar surface area (TPSA) is 91.5 Å². The van der Waals surface area contributed by atoms with Gasteiger partial charge in [-0.2, -0.15) is 0 Å². The van der Waals surface area contributed by atoms with Crippen molar-refractivity contribution in [3.63, 3.8) is 0 Å². The summed E-state index contributed by atoms with van der Waals surface area (Å²) in [6, 6.07) is 12.3. The number of hydrogen-bond donors (Lipinski definition) is 4. The Hall–Kier alpha value is -2.91. The maximum absolute atomic E-state index is 13.3. The molecule has 2 rings (SSSR count). The van der Waals surface area contributed by atoms with Crippen molar-refractivity contribution in [1.29, 1.82) is 0 Å². The first kappa shape index (κ1) is 24.4. The van der Waals surface area contributed by atoms with Crippen molar-refractivity contribution in [3.05, 3.63) is 64.9 Å². The second-order valence-electron chi connectivity index (χ2n) is 7.59. The van der Waals surface area contributed by atoms with Crippen molar-refractivity contribution in [2.45, 2.75) is 38.8 Å². The van der Waals surface area contributed by atoms with E-state index in [9.17, 15) is 14.0 Å². The highest BCUT2D eigenvalue weighted by Crippen LogP contribution is 2.19. The zero-order valence-electron chi connectivity index (χ0n) is 17.3. The number of hydrazine groups is 1. The Balaban J connectivity index is 1.99. The van der Waals surface area contributed by atoms with E-state index < -0.39 is 29.5 Å². The summed E-state index contributed by atoms with van der Waals surface area (Å²) in [6.45, 7) is 5.19. The fraction of sp³-hybridized carbons (Fsp3) is 0.286. The Kier molecular flexibility index (Phi) is 8.58. The number of ether oxygens (including phenoxy) is 1. The summed E-state index contributed by atoms with van der Waals surface area (Å²) in [5.41, 5.74) is 5.57. The van der Waals surface area contributed by atoms with Crippen LogP contribution in [0.15, 0.2) is 48.5 Å². The summed E-state index contributed by atoms with van der Waals surface area (Å²) in [5, 5.41) is 5.32. The van der Waals surface area contributed by atoms with Gasteiger partial charge in [-0.15, -0.1) is 0 Å². The average molecular weight is 467 g/mol. The number of thiocarbonyl (C=S) groups is 1. The van der Waals surface area contributed by atoms with Crippen molar-refractivity contribution in [2.24, 2.45) is 0 Å². The zero-order chi connectivity index (χ0) is 23.0. The minimum absolute atomic E-state index is 0.0479. The number of benzene rings is 2. The molecule has 0 aliphatic heterocycles. The van der Waals surface area contributed by atoms with Crippen LogP contribution < -0.4 is 21.5 Å². The summed E-state index contributed by atoms with van der Waals surface area (Å²) in [5.74, 6) is -1.09. The van der Waals surface area contributed by atoms with Crippen LogP contribution in [0.25, 0.3) is 0 Å². The number of carbonyl (C=O) groups excluding carboxylic acids is 2. The molecule has 0 bridgehead atoms. The van der Waals surface area contributed by atoms with Crippen LogP contribution >= 0.6 is 23.8 Å². The van der Waals surface area contributed by atoms with E-state index in [1.54, 1.807) is 20.8 Å². The molecule has 31 heavy (non-hydrogen) atoms. The van der Waals surface area contributed by atoms with Gasteiger partial charge in [-0.1, -0.05) is 41.9 Å². The van der Waals surface area contributed by atoms with Gasteiger partial charge >= 0.3 is 6.09 Å². The van der Waals surface area contributed by atoms with Crippen LogP contribution in [0.4, 0.5) is 14.9 Å². The van der Waals surface area contributed by atoms with E-state index in [1.807, 2.05) is 30.3 Å². The Bertz CT molecular complexity index is 938. The van der Waals surface area contributed by atoms with Crippen LogP contribution in [0, 0.1) is 5.82 Å². The molecule has 10 heteroatoms. The first-order valence-corrected chi connectivity index (χ1v) is 10.2. The fourth-order valence-corrected chi connectivity index (χ4v) is 2.80. The van der Waals surface area contributed by atoms with E-state index in [-0.39, 0.29) is 16.6 Å². The van der Waals surface area contributed by atoms with Crippen LogP contribution in [0.3, 0.4) is 0 Å². The number of rotatable bonds is 5. The second-order valence-corrected chi connectivity index (χ2v) is 8.40.